The van der Waals surface area contributed by atoms with Gasteiger partial charge >= 0.3 is 0 Å². The first-order valence-corrected chi connectivity index (χ1v) is 14.0. The molecule has 9 heteroatoms. The smallest absolute Gasteiger partial charge is 0.277 e. The summed E-state index contributed by atoms with van der Waals surface area (Å²) >= 11 is 0. The normalized spacial score (nSPS) is 21.8. The maximum Gasteiger partial charge on any atom is 0.277 e. The Bertz CT molecular complexity index is 1370. The number of carbonyl (C=O) groups is 1. The summed E-state index contributed by atoms with van der Waals surface area (Å²) in [4.78, 5) is 35.5. The zero-order valence-corrected chi connectivity index (χ0v) is 22.8. The number of Topliss-reactive ketones (excluding diaryl/α,β-unsaturated/α-hetero) is 1. The Hall–Kier alpha value is -3.20. The molecule has 0 unspecified atom stereocenters. The summed E-state index contributed by atoms with van der Waals surface area (Å²) in [6.07, 6.45) is 7.68. The number of nitrogens with zero attached hydrogens (tertiary/aromatic N) is 4. The van der Waals surface area contributed by atoms with Crippen LogP contribution in [0, 0.1) is 11.3 Å². The Morgan fingerprint density at radius 2 is 2.03 bits per heavy atom. The Morgan fingerprint density at radius 1 is 1.24 bits per heavy atom. The molecule has 1 saturated heterocycles. The SMILES string of the molecule is CCCc1nn(C)c2c(=O)[nH]c(-c3cc(N4CCCC5(CCC(C(=O)CO)CC5)C4)ccc3OCC)nc12. The largest absolute Gasteiger partial charge is 0.493 e. The molecular formula is C29H39N5O4. The fourth-order valence-corrected chi connectivity index (χ4v) is 6.48. The summed E-state index contributed by atoms with van der Waals surface area (Å²) in [7, 11) is 1.78. The zero-order valence-electron chi connectivity index (χ0n) is 22.8. The Balaban J connectivity index is 1.48. The topological polar surface area (TPSA) is 113 Å². The number of anilines is 1. The van der Waals surface area contributed by atoms with Crippen molar-refractivity contribution in [3.63, 3.8) is 0 Å². The number of aromatic nitrogens is 4. The summed E-state index contributed by atoms with van der Waals surface area (Å²) in [6, 6.07) is 6.16. The van der Waals surface area contributed by atoms with Crippen molar-refractivity contribution in [3.8, 4) is 17.1 Å². The van der Waals surface area contributed by atoms with Crippen LogP contribution in [0.3, 0.4) is 0 Å². The lowest BCUT2D eigenvalue weighted by Crippen LogP contribution is -2.46. The molecule has 1 aliphatic carbocycles. The highest BCUT2D eigenvalue weighted by Gasteiger charge is 2.40. The van der Waals surface area contributed by atoms with Gasteiger partial charge in [-0.25, -0.2) is 4.98 Å². The van der Waals surface area contributed by atoms with Crippen molar-refractivity contribution in [2.24, 2.45) is 18.4 Å². The summed E-state index contributed by atoms with van der Waals surface area (Å²) in [5.41, 5.74) is 3.80. The number of fused-ring (bicyclic) bond motifs is 1. The van der Waals surface area contributed by atoms with Gasteiger partial charge in [-0.05, 0) is 75.5 Å². The van der Waals surface area contributed by atoms with E-state index in [4.69, 9.17) is 9.72 Å². The van der Waals surface area contributed by atoms with Gasteiger partial charge in [0.2, 0.25) is 0 Å². The van der Waals surface area contributed by atoms with Crippen LogP contribution in [0.5, 0.6) is 5.75 Å². The van der Waals surface area contributed by atoms with Gasteiger partial charge in [-0.15, -0.1) is 0 Å². The van der Waals surface area contributed by atoms with E-state index in [0.29, 0.717) is 29.2 Å². The molecule has 1 saturated carbocycles. The van der Waals surface area contributed by atoms with Gasteiger partial charge in [0.05, 0.1) is 17.9 Å². The Morgan fingerprint density at radius 3 is 2.74 bits per heavy atom. The van der Waals surface area contributed by atoms with E-state index >= 15 is 0 Å². The first kappa shape index (κ1) is 26.4. The van der Waals surface area contributed by atoms with Crippen LogP contribution >= 0.6 is 0 Å². The van der Waals surface area contributed by atoms with Gasteiger partial charge < -0.3 is 19.7 Å². The van der Waals surface area contributed by atoms with Crippen molar-refractivity contribution >= 4 is 22.5 Å². The predicted octanol–water partition coefficient (Wildman–Crippen LogP) is 4.01. The monoisotopic (exact) mass is 521 g/mol. The molecule has 0 bridgehead atoms. The lowest BCUT2D eigenvalue weighted by molar-refractivity contribution is -0.127. The fourth-order valence-electron chi connectivity index (χ4n) is 6.48. The van der Waals surface area contributed by atoms with Crippen molar-refractivity contribution in [2.45, 2.75) is 65.2 Å². The van der Waals surface area contributed by atoms with Gasteiger partial charge in [0.25, 0.3) is 5.56 Å². The molecule has 1 aromatic carbocycles. The van der Waals surface area contributed by atoms with Crippen LogP contribution in [-0.4, -0.2) is 56.9 Å². The van der Waals surface area contributed by atoms with E-state index in [1.54, 1.807) is 11.7 Å². The molecule has 3 heterocycles. The number of hydrogen-bond acceptors (Lipinski definition) is 7. The third-order valence-corrected chi connectivity index (χ3v) is 8.45. The van der Waals surface area contributed by atoms with E-state index in [2.05, 4.69) is 34.0 Å². The highest BCUT2D eigenvalue weighted by Crippen LogP contribution is 2.46. The van der Waals surface area contributed by atoms with Crippen LogP contribution in [0.15, 0.2) is 23.0 Å². The van der Waals surface area contributed by atoms with Gasteiger partial charge in [-0.2, -0.15) is 5.10 Å². The number of hydrogen-bond donors (Lipinski definition) is 2. The maximum absolute atomic E-state index is 13.1. The van der Waals surface area contributed by atoms with Crippen molar-refractivity contribution in [2.75, 3.05) is 31.2 Å². The summed E-state index contributed by atoms with van der Waals surface area (Å²) in [5, 5.41) is 13.8. The van der Waals surface area contributed by atoms with Crippen LogP contribution in [0.25, 0.3) is 22.4 Å². The zero-order chi connectivity index (χ0) is 26.9. The van der Waals surface area contributed by atoms with E-state index in [0.717, 1.165) is 75.0 Å². The molecule has 1 spiro atoms. The molecule has 38 heavy (non-hydrogen) atoms. The molecule has 2 N–H and O–H groups in total. The van der Waals surface area contributed by atoms with E-state index in [9.17, 15) is 14.7 Å². The van der Waals surface area contributed by atoms with Crippen molar-refractivity contribution < 1.29 is 14.6 Å². The second-order valence-corrected chi connectivity index (χ2v) is 11.0. The number of ether oxygens (including phenoxy) is 1. The number of ketones is 1. The molecule has 0 amide bonds. The van der Waals surface area contributed by atoms with E-state index in [1.807, 2.05) is 13.0 Å². The van der Waals surface area contributed by atoms with Crippen LogP contribution in [0.2, 0.25) is 0 Å². The van der Waals surface area contributed by atoms with Gasteiger partial charge in [0.15, 0.2) is 11.3 Å². The molecule has 2 fully saturated rings. The van der Waals surface area contributed by atoms with Crippen LogP contribution in [0.4, 0.5) is 5.69 Å². The van der Waals surface area contributed by atoms with Crippen LogP contribution < -0.4 is 15.2 Å². The quantitative estimate of drug-likeness (QED) is 0.460. The standard InChI is InChI=1S/C29H39N5O4/c1-4-7-22-25-26(33(3)32-22)28(37)31-27(30-25)21-16-20(8-9-24(21)38-5-2)34-15-6-12-29(18-34)13-10-19(11-14-29)23(36)17-35/h8-9,16,19,35H,4-7,10-15,17-18H2,1-3H3,(H,30,31,37). The van der Waals surface area contributed by atoms with Crippen molar-refractivity contribution in [1.82, 2.24) is 19.7 Å². The second kappa shape index (κ2) is 10.9. The predicted molar refractivity (Wildman–Crippen MR) is 148 cm³/mol. The lowest BCUT2D eigenvalue weighted by Gasteiger charge is -2.47. The molecular weight excluding hydrogens is 482 g/mol. The number of aliphatic hydroxyl groups excluding tert-OH is 1. The number of rotatable bonds is 8. The minimum absolute atomic E-state index is 0.000899. The molecule has 2 aromatic heterocycles. The Labute approximate surface area is 223 Å². The van der Waals surface area contributed by atoms with Gasteiger partial charge in [0, 0.05) is 31.7 Å². The number of H-pyrrole nitrogens is 1. The van der Waals surface area contributed by atoms with Crippen molar-refractivity contribution in [3.05, 3.63) is 34.2 Å². The molecule has 0 radical (unpaired) electrons. The van der Waals surface area contributed by atoms with Crippen molar-refractivity contribution in [1.29, 1.82) is 0 Å². The lowest BCUT2D eigenvalue weighted by atomic mass is 9.66. The average molecular weight is 522 g/mol. The van der Waals surface area contributed by atoms with Gasteiger partial charge in [-0.3, -0.25) is 14.3 Å². The minimum atomic E-state index is -0.348. The number of aliphatic hydroxyl groups is 1. The molecule has 5 rings (SSSR count). The summed E-state index contributed by atoms with van der Waals surface area (Å²) in [5.74, 6) is 1.17. The van der Waals surface area contributed by atoms with Crippen LogP contribution in [0.1, 0.15) is 64.5 Å². The van der Waals surface area contributed by atoms with Gasteiger partial charge in [0.1, 0.15) is 23.7 Å². The molecule has 204 valence electrons. The molecule has 9 nitrogen and oxygen atoms in total. The highest BCUT2D eigenvalue weighted by atomic mass is 16.5. The number of aryl methyl sites for hydroxylation is 2. The number of nitrogens with one attached hydrogen (secondary N) is 1. The first-order chi connectivity index (χ1) is 18.4. The first-order valence-electron chi connectivity index (χ1n) is 14.0. The third kappa shape index (κ3) is 4.96. The molecule has 0 atom stereocenters. The molecule has 3 aromatic rings. The van der Waals surface area contributed by atoms with E-state index in [1.165, 1.54) is 6.42 Å². The van der Waals surface area contributed by atoms with E-state index < -0.39 is 0 Å². The minimum Gasteiger partial charge on any atom is -0.493 e. The second-order valence-electron chi connectivity index (χ2n) is 11.0. The number of aromatic amines is 1. The third-order valence-electron chi connectivity index (χ3n) is 8.45. The summed E-state index contributed by atoms with van der Waals surface area (Å²) in [6.45, 7) is 6.09. The van der Waals surface area contributed by atoms with Gasteiger partial charge in [-0.1, -0.05) is 13.3 Å². The molecule has 2 aliphatic rings. The molecule has 1 aliphatic heterocycles. The highest BCUT2D eigenvalue weighted by molar-refractivity contribution is 5.82. The fraction of sp³-hybridized carbons (Fsp3) is 0.586. The van der Waals surface area contributed by atoms with E-state index in [-0.39, 0.29) is 29.3 Å². The number of carbonyl (C=O) groups excluding carboxylic acids is 1. The number of piperidine rings is 1. The summed E-state index contributed by atoms with van der Waals surface area (Å²) < 4.78 is 7.59. The average Bonchev–Trinajstić information content (AvgIpc) is 3.24. The number of benzene rings is 1. The van der Waals surface area contributed by atoms with Crippen LogP contribution in [-0.2, 0) is 18.3 Å². The Kier molecular flexibility index (Phi) is 7.56. The maximum atomic E-state index is 13.1.